The maximum atomic E-state index is 6.21. The molecular formula is C16H14Cl2N2O2. The third-order valence-electron chi connectivity index (χ3n) is 3.23. The summed E-state index contributed by atoms with van der Waals surface area (Å²) >= 11 is 12.2. The number of rotatable bonds is 5. The van der Waals surface area contributed by atoms with E-state index >= 15 is 0 Å². The van der Waals surface area contributed by atoms with Crippen molar-refractivity contribution in [3.05, 3.63) is 64.0 Å². The molecule has 0 spiro atoms. The summed E-state index contributed by atoms with van der Waals surface area (Å²) in [5, 5.41) is 5.21. The molecule has 2 heterocycles. The first-order chi connectivity index (χ1) is 10.6. The summed E-state index contributed by atoms with van der Waals surface area (Å²) in [5.41, 5.74) is 1.80. The quantitative estimate of drug-likeness (QED) is 0.666. The third kappa shape index (κ3) is 3.35. The van der Waals surface area contributed by atoms with Crippen LogP contribution >= 0.6 is 23.2 Å². The van der Waals surface area contributed by atoms with Crippen molar-refractivity contribution in [3.8, 4) is 11.5 Å². The zero-order valence-corrected chi connectivity index (χ0v) is 13.4. The number of halogens is 2. The summed E-state index contributed by atoms with van der Waals surface area (Å²) in [4.78, 5) is 2.08. The average Bonchev–Trinajstić information content (AvgIpc) is 3.14. The van der Waals surface area contributed by atoms with Gasteiger partial charge in [0.1, 0.15) is 0 Å². The van der Waals surface area contributed by atoms with Crippen molar-refractivity contribution in [2.45, 2.75) is 13.1 Å². The Hall–Kier alpha value is -1.75. The minimum atomic E-state index is 0.564. The van der Waals surface area contributed by atoms with Crippen molar-refractivity contribution >= 4 is 23.2 Å². The fourth-order valence-electron chi connectivity index (χ4n) is 2.22. The summed E-state index contributed by atoms with van der Waals surface area (Å²) in [5.74, 6) is 1.29. The highest BCUT2D eigenvalue weighted by Crippen LogP contribution is 2.27. The Morgan fingerprint density at radius 3 is 2.73 bits per heavy atom. The van der Waals surface area contributed by atoms with E-state index in [0.29, 0.717) is 34.7 Å². The maximum Gasteiger partial charge on any atom is 0.202 e. The number of hydrogen-bond donors (Lipinski definition) is 0. The van der Waals surface area contributed by atoms with Gasteiger partial charge in [-0.1, -0.05) is 40.5 Å². The van der Waals surface area contributed by atoms with E-state index in [0.717, 1.165) is 11.3 Å². The lowest BCUT2D eigenvalue weighted by Gasteiger charge is -2.16. The maximum absolute atomic E-state index is 6.21. The van der Waals surface area contributed by atoms with Gasteiger partial charge in [0.2, 0.25) is 5.76 Å². The third-order valence-corrected chi connectivity index (χ3v) is 4.08. The van der Waals surface area contributed by atoms with E-state index < -0.39 is 0 Å². The molecule has 22 heavy (non-hydrogen) atoms. The summed E-state index contributed by atoms with van der Waals surface area (Å²) in [7, 11) is 1.98. The SMILES string of the molecule is CN(Cc1cc(-c2ccco2)on1)Cc1cccc(Cl)c1Cl. The van der Waals surface area contributed by atoms with E-state index in [4.69, 9.17) is 32.1 Å². The van der Waals surface area contributed by atoms with Gasteiger partial charge in [0.15, 0.2) is 5.76 Å². The molecule has 6 heteroatoms. The molecule has 0 fully saturated rings. The molecular weight excluding hydrogens is 323 g/mol. The van der Waals surface area contributed by atoms with Crippen LogP contribution in [0.25, 0.3) is 11.5 Å². The summed E-state index contributed by atoms with van der Waals surface area (Å²) < 4.78 is 10.6. The molecule has 0 atom stereocenters. The molecule has 3 rings (SSSR count). The van der Waals surface area contributed by atoms with Crippen LogP contribution in [0.1, 0.15) is 11.3 Å². The minimum absolute atomic E-state index is 0.564. The van der Waals surface area contributed by atoms with E-state index in [2.05, 4.69) is 10.1 Å². The van der Waals surface area contributed by atoms with Gasteiger partial charge in [0.05, 0.1) is 22.0 Å². The van der Waals surface area contributed by atoms with Crippen molar-refractivity contribution < 1.29 is 8.94 Å². The molecule has 0 saturated carbocycles. The van der Waals surface area contributed by atoms with E-state index in [1.807, 2.05) is 37.4 Å². The van der Waals surface area contributed by atoms with Gasteiger partial charge in [-0.05, 0) is 30.8 Å². The Morgan fingerprint density at radius 2 is 1.95 bits per heavy atom. The van der Waals surface area contributed by atoms with Crippen molar-refractivity contribution in [1.82, 2.24) is 10.1 Å². The van der Waals surface area contributed by atoms with Crippen LogP contribution in [0.2, 0.25) is 10.0 Å². The van der Waals surface area contributed by atoms with Gasteiger partial charge in [-0.25, -0.2) is 0 Å². The average molecular weight is 337 g/mol. The number of nitrogens with zero attached hydrogens (tertiary/aromatic N) is 2. The number of hydrogen-bond acceptors (Lipinski definition) is 4. The van der Waals surface area contributed by atoms with Gasteiger partial charge >= 0.3 is 0 Å². The van der Waals surface area contributed by atoms with Gasteiger partial charge < -0.3 is 8.94 Å². The molecule has 0 aliphatic rings. The first-order valence-electron chi connectivity index (χ1n) is 6.74. The molecule has 0 bridgehead atoms. The zero-order valence-electron chi connectivity index (χ0n) is 11.9. The molecule has 0 unspecified atom stereocenters. The summed E-state index contributed by atoms with van der Waals surface area (Å²) in [6.07, 6.45) is 1.60. The molecule has 0 N–H and O–H groups in total. The fraction of sp³-hybridized carbons (Fsp3) is 0.188. The first kappa shape index (κ1) is 15.2. The zero-order chi connectivity index (χ0) is 15.5. The first-order valence-corrected chi connectivity index (χ1v) is 7.50. The Balaban J connectivity index is 1.67. The molecule has 0 radical (unpaired) electrons. The van der Waals surface area contributed by atoms with Crippen LogP contribution in [-0.4, -0.2) is 17.1 Å². The Labute approximate surface area is 138 Å². The summed E-state index contributed by atoms with van der Waals surface area (Å²) in [6.45, 7) is 1.30. The number of aromatic nitrogens is 1. The number of benzene rings is 1. The van der Waals surface area contributed by atoms with Gasteiger partial charge in [-0.15, -0.1) is 0 Å². The lowest BCUT2D eigenvalue weighted by atomic mass is 10.2. The van der Waals surface area contributed by atoms with E-state index in [1.165, 1.54) is 0 Å². The van der Waals surface area contributed by atoms with Crippen LogP contribution in [0.15, 0.2) is 51.6 Å². The Bertz CT molecular complexity index is 753. The van der Waals surface area contributed by atoms with E-state index in [-0.39, 0.29) is 0 Å². The second kappa shape index (κ2) is 6.57. The van der Waals surface area contributed by atoms with Crippen LogP contribution in [0.3, 0.4) is 0 Å². The normalized spacial score (nSPS) is 11.3. The Morgan fingerprint density at radius 1 is 1.09 bits per heavy atom. The molecule has 1 aromatic carbocycles. The molecule has 4 nitrogen and oxygen atoms in total. The molecule has 3 aromatic rings. The van der Waals surface area contributed by atoms with Crippen molar-refractivity contribution in [2.75, 3.05) is 7.05 Å². The van der Waals surface area contributed by atoms with Gasteiger partial charge in [-0.3, -0.25) is 4.90 Å². The van der Waals surface area contributed by atoms with Crippen LogP contribution in [0, 0.1) is 0 Å². The second-order valence-corrected chi connectivity index (χ2v) is 5.83. The highest BCUT2D eigenvalue weighted by atomic mass is 35.5. The van der Waals surface area contributed by atoms with Gasteiger partial charge in [-0.2, -0.15) is 0 Å². The second-order valence-electron chi connectivity index (χ2n) is 5.05. The largest absolute Gasteiger partial charge is 0.461 e. The van der Waals surface area contributed by atoms with Crippen LogP contribution in [0.4, 0.5) is 0 Å². The van der Waals surface area contributed by atoms with Crippen LogP contribution in [0.5, 0.6) is 0 Å². The van der Waals surface area contributed by atoms with Crippen molar-refractivity contribution in [3.63, 3.8) is 0 Å². The lowest BCUT2D eigenvalue weighted by molar-refractivity contribution is 0.304. The van der Waals surface area contributed by atoms with Crippen LogP contribution in [-0.2, 0) is 13.1 Å². The standard InChI is InChI=1S/C16H14Cl2N2O2/c1-20(9-11-4-2-5-13(17)16(11)18)10-12-8-15(22-19-12)14-6-3-7-21-14/h2-8H,9-10H2,1H3. The molecule has 114 valence electrons. The van der Waals surface area contributed by atoms with Crippen molar-refractivity contribution in [1.29, 1.82) is 0 Å². The van der Waals surface area contributed by atoms with Crippen molar-refractivity contribution in [2.24, 2.45) is 0 Å². The van der Waals surface area contributed by atoms with Gasteiger partial charge in [0.25, 0.3) is 0 Å². The molecule has 2 aromatic heterocycles. The fourth-order valence-corrected chi connectivity index (χ4v) is 2.59. The lowest BCUT2D eigenvalue weighted by Crippen LogP contribution is -2.17. The molecule has 0 amide bonds. The minimum Gasteiger partial charge on any atom is -0.461 e. The predicted octanol–water partition coefficient (Wildman–Crippen LogP) is 4.87. The molecule has 0 saturated heterocycles. The van der Waals surface area contributed by atoms with Crippen LogP contribution < -0.4 is 0 Å². The van der Waals surface area contributed by atoms with E-state index in [9.17, 15) is 0 Å². The topological polar surface area (TPSA) is 42.4 Å². The highest BCUT2D eigenvalue weighted by molar-refractivity contribution is 6.42. The smallest absolute Gasteiger partial charge is 0.202 e. The molecule has 0 aliphatic carbocycles. The number of furan rings is 1. The summed E-state index contributed by atoms with van der Waals surface area (Å²) in [6, 6.07) is 11.1. The Kier molecular flexibility index (Phi) is 4.52. The monoisotopic (exact) mass is 336 g/mol. The highest BCUT2D eigenvalue weighted by Gasteiger charge is 2.12. The predicted molar refractivity (Wildman–Crippen MR) is 85.8 cm³/mol. The van der Waals surface area contributed by atoms with E-state index in [1.54, 1.807) is 12.3 Å². The molecule has 0 aliphatic heterocycles. The van der Waals surface area contributed by atoms with Gasteiger partial charge in [0, 0.05) is 19.2 Å².